The topological polar surface area (TPSA) is 184 Å². The van der Waals surface area contributed by atoms with Crippen molar-refractivity contribution in [1.29, 1.82) is 0 Å². The number of amides is 1. The number of aliphatic carboxylic acids is 1. The van der Waals surface area contributed by atoms with Crippen molar-refractivity contribution in [1.82, 2.24) is 5.32 Å². The van der Waals surface area contributed by atoms with E-state index in [4.69, 9.17) is 18.9 Å². The Balaban J connectivity index is 2.36. The largest absolute Gasteiger partial charge is 0.479 e. The van der Waals surface area contributed by atoms with Gasteiger partial charge in [-0.15, -0.1) is 0 Å². The van der Waals surface area contributed by atoms with E-state index in [0.29, 0.717) is 0 Å². The zero-order valence-corrected chi connectivity index (χ0v) is 17.2. The summed E-state index contributed by atoms with van der Waals surface area (Å²) in [4.78, 5) is 23.4. The quantitative estimate of drug-likeness (QED) is 0.244. The predicted octanol–water partition coefficient (Wildman–Crippen LogP) is -2.66. The van der Waals surface area contributed by atoms with Gasteiger partial charge < -0.3 is 49.8 Å². The molecule has 30 heavy (non-hydrogen) atoms. The third-order valence-corrected chi connectivity index (χ3v) is 5.01. The van der Waals surface area contributed by atoms with E-state index in [1.165, 1.54) is 13.8 Å². The van der Waals surface area contributed by atoms with E-state index in [1.807, 2.05) is 0 Å². The number of rotatable bonds is 7. The summed E-state index contributed by atoms with van der Waals surface area (Å²) in [6, 6.07) is -1.11. The van der Waals surface area contributed by atoms with E-state index in [2.05, 4.69) is 5.32 Å². The monoisotopic (exact) mass is 437 g/mol. The van der Waals surface area contributed by atoms with E-state index >= 15 is 0 Å². The van der Waals surface area contributed by atoms with E-state index in [9.17, 15) is 35.1 Å². The summed E-state index contributed by atoms with van der Waals surface area (Å²) in [6.45, 7) is 5.42. The van der Waals surface area contributed by atoms with Gasteiger partial charge in [-0.1, -0.05) is 0 Å². The van der Waals surface area contributed by atoms with Crippen LogP contribution in [0, 0.1) is 0 Å². The Kier molecular flexibility index (Phi) is 8.53. The minimum atomic E-state index is -1.64. The molecule has 0 spiro atoms. The number of ether oxygens (including phenoxy) is 4. The van der Waals surface area contributed by atoms with Gasteiger partial charge in [0.1, 0.15) is 42.7 Å². The van der Waals surface area contributed by atoms with Crippen LogP contribution in [0.4, 0.5) is 0 Å². The molecule has 174 valence electrons. The third kappa shape index (κ3) is 5.45. The Morgan fingerprint density at radius 1 is 1.07 bits per heavy atom. The maximum absolute atomic E-state index is 11.8. The van der Waals surface area contributed by atoms with Crippen molar-refractivity contribution in [2.45, 2.75) is 95.0 Å². The van der Waals surface area contributed by atoms with Crippen LogP contribution in [0.1, 0.15) is 27.7 Å². The first-order valence-corrected chi connectivity index (χ1v) is 9.74. The fourth-order valence-electron chi connectivity index (χ4n) is 3.59. The molecule has 0 saturated carbocycles. The molecular weight excluding hydrogens is 406 g/mol. The van der Waals surface area contributed by atoms with Crippen LogP contribution in [-0.4, -0.2) is 111 Å². The van der Waals surface area contributed by atoms with E-state index < -0.39 is 79.6 Å². The Morgan fingerprint density at radius 3 is 2.20 bits per heavy atom. The molecule has 2 heterocycles. The highest BCUT2D eigenvalue weighted by atomic mass is 16.7. The third-order valence-electron chi connectivity index (χ3n) is 5.01. The Hall–Kier alpha value is -1.38. The average Bonchev–Trinajstić information content (AvgIpc) is 2.65. The van der Waals surface area contributed by atoms with Gasteiger partial charge >= 0.3 is 5.97 Å². The maximum Gasteiger partial charge on any atom is 0.335 e. The molecule has 2 aliphatic heterocycles. The highest BCUT2D eigenvalue weighted by Gasteiger charge is 2.52. The van der Waals surface area contributed by atoms with Crippen molar-refractivity contribution in [3.8, 4) is 0 Å². The summed E-state index contributed by atoms with van der Waals surface area (Å²) in [5.74, 6) is -1.94. The number of hydrogen-bond acceptors (Lipinski definition) is 10. The zero-order chi connectivity index (χ0) is 22.7. The lowest BCUT2D eigenvalue weighted by atomic mass is 9.93. The molecule has 0 aromatic rings. The van der Waals surface area contributed by atoms with E-state index in [1.54, 1.807) is 13.8 Å². The molecule has 10 atom stereocenters. The minimum Gasteiger partial charge on any atom is -0.479 e. The molecule has 12 nitrogen and oxygen atoms in total. The molecule has 1 amide bonds. The molecule has 0 bridgehead atoms. The van der Waals surface area contributed by atoms with Gasteiger partial charge in [0.2, 0.25) is 5.91 Å². The standard InChI is InChI=1S/C18H31NO11/c1-6(2)27-14-10(19-8(4)21)18(29-9(5-20)12(14)23)30-15-13(24)11(22)7(3)28-16(15)17(25)26/h6-7,9-16,18,20,22-24H,5H2,1-4H3,(H,19,21)(H,25,26). The molecule has 10 unspecified atom stereocenters. The van der Waals surface area contributed by atoms with Crippen molar-refractivity contribution in [3.05, 3.63) is 0 Å². The summed E-state index contributed by atoms with van der Waals surface area (Å²) in [5.41, 5.74) is 0. The van der Waals surface area contributed by atoms with Gasteiger partial charge in [0.15, 0.2) is 12.4 Å². The predicted molar refractivity (Wildman–Crippen MR) is 98.2 cm³/mol. The number of carboxylic acids is 1. The number of carbonyl (C=O) groups excluding carboxylic acids is 1. The smallest absolute Gasteiger partial charge is 0.335 e. The number of aliphatic hydroxyl groups excluding tert-OH is 4. The highest BCUT2D eigenvalue weighted by molar-refractivity contribution is 5.74. The van der Waals surface area contributed by atoms with Gasteiger partial charge in [-0.2, -0.15) is 0 Å². The fraction of sp³-hybridized carbons (Fsp3) is 0.889. The molecule has 12 heteroatoms. The molecule has 0 aromatic heterocycles. The highest BCUT2D eigenvalue weighted by Crippen LogP contribution is 2.30. The van der Waals surface area contributed by atoms with Gasteiger partial charge in [0.05, 0.1) is 18.8 Å². The molecule has 2 fully saturated rings. The first-order valence-electron chi connectivity index (χ1n) is 9.74. The summed E-state index contributed by atoms with van der Waals surface area (Å²) < 4.78 is 22.2. The molecule has 2 saturated heterocycles. The summed E-state index contributed by atoms with van der Waals surface area (Å²) in [5, 5.41) is 52.6. The van der Waals surface area contributed by atoms with Gasteiger partial charge in [0, 0.05) is 6.92 Å². The molecule has 0 aromatic carbocycles. The van der Waals surface area contributed by atoms with Gasteiger partial charge in [-0.3, -0.25) is 4.79 Å². The second kappa shape index (κ2) is 10.3. The fourth-order valence-corrected chi connectivity index (χ4v) is 3.59. The van der Waals surface area contributed by atoms with Gasteiger partial charge in [0.25, 0.3) is 0 Å². The van der Waals surface area contributed by atoms with Crippen molar-refractivity contribution in [2.24, 2.45) is 0 Å². The number of hydrogen-bond donors (Lipinski definition) is 6. The van der Waals surface area contributed by atoms with Gasteiger partial charge in [-0.25, -0.2) is 4.79 Å². The normalized spacial score (nSPS) is 42.2. The lowest BCUT2D eigenvalue weighted by molar-refractivity contribution is -0.322. The Labute approximate surface area is 173 Å². The second-order valence-electron chi connectivity index (χ2n) is 7.77. The van der Waals surface area contributed by atoms with Crippen molar-refractivity contribution < 1.29 is 54.1 Å². The van der Waals surface area contributed by atoms with Crippen molar-refractivity contribution >= 4 is 11.9 Å². The Bertz CT molecular complexity index is 603. The molecule has 0 radical (unpaired) electrons. The molecule has 0 aliphatic carbocycles. The van der Waals surface area contributed by atoms with Gasteiger partial charge in [-0.05, 0) is 20.8 Å². The van der Waals surface area contributed by atoms with Crippen LogP contribution in [0.5, 0.6) is 0 Å². The summed E-state index contributed by atoms with van der Waals surface area (Å²) in [7, 11) is 0. The molecule has 2 rings (SSSR count). The van der Waals surface area contributed by atoms with E-state index in [0.717, 1.165) is 0 Å². The lowest BCUT2D eigenvalue weighted by Crippen LogP contribution is -2.68. The first-order chi connectivity index (χ1) is 14.0. The average molecular weight is 437 g/mol. The maximum atomic E-state index is 11.8. The van der Waals surface area contributed by atoms with Crippen LogP contribution in [0.25, 0.3) is 0 Å². The lowest BCUT2D eigenvalue weighted by Gasteiger charge is -2.47. The molecular formula is C18H31NO11. The van der Waals surface area contributed by atoms with Crippen LogP contribution in [-0.2, 0) is 28.5 Å². The van der Waals surface area contributed by atoms with E-state index in [-0.39, 0.29) is 6.10 Å². The number of aliphatic hydroxyl groups is 4. The first kappa shape index (κ1) is 24.9. The summed E-state index contributed by atoms with van der Waals surface area (Å²) >= 11 is 0. The molecule has 6 N–H and O–H groups in total. The zero-order valence-electron chi connectivity index (χ0n) is 17.2. The van der Waals surface area contributed by atoms with Crippen LogP contribution < -0.4 is 5.32 Å². The number of nitrogens with one attached hydrogen (secondary N) is 1. The van der Waals surface area contributed by atoms with Crippen LogP contribution in [0.15, 0.2) is 0 Å². The second-order valence-corrected chi connectivity index (χ2v) is 7.77. The van der Waals surface area contributed by atoms with Crippen LogP contribution in [0.2, 0.25) is 0 Å². The van der Waals surface area contributed by atoms with Crippen molar-refractivity contribution in [2.75, 3.05) is 6.61 Å². The Morgan fingerprint density at radius 2 is 1.70 bits per heavy atom. The van der Waals surface area contributed by atoms with Crippen molar-refractivity contribution in [3.63, 3.8) is 0 Å². The number of carboxylic acid groups (broad SMARTS) is 1. The van der Waals surface area contributed by atoms with Crippen LogP contribution in [0.3, 0.4) is 0 Å². The minimum absolute atomic E-state index is 0.378. The SMILES string of the molecule is CC(=O)NC1C(OC2C(C(=O)O)OC(C)C(O)C2O)OC(CO)C(O)C1OC(C)C. The number of carbonyl (C=O) groups is 2. The van der Waals surface area contributed by atoms with Crippen LogP contribution >= 0.6 is 0 Å². The molecule has 2 aliphatic rings. The summed E-state index contributed by atoms with van der Waals surface area (Å²) in [6.07, 6.45) is -12.6.